The predicted octanol–water partition coefficient (Wildman–Crippen LogP) is 5.80. The lowest BCUT2D eigenvalue weighted by Crippen LogP contribution is -2.34. The van der Waals surface area contributed by atoms with Crippen molar-refractivity contribution < 1.29 is 18.5 Å². The molecule has 2 heterocycles. The predicted molar refractivity (Wildman–Crippen MR) is 152 cm³/mol. The number of hydrogen-bond donors (Lipinski definition) is 0. The quantitative estimate of drug-likeness (QED) is 0.345. The number of fused-ring (bicyclic) bond motifs is 1. The summed E-state index contributed by atoms with van der Waals surface area (Å²) in [6.45, 7) is 3.27. The van der Waals surface area contributed by atoms with E-state index >= 15 is 0 Å². The van der Waals surface area contributed by atoms with Gasteiger partial charge in [-0.2, -0.15) is 0 Å². The first-order valence-electron chi connectivity index (χ1n) is 13.0. The van der Waals surface area contributed by atoms with Crippen LogP contribution in [0.15, 0.2) is 115 Å². The summed E-state index contributed by atoms with van der Waals surface area (Å²) >= 11 is 0. The van der Waals surface area contributed by atoms with Gasteiger partial charge in [-0.05, 0) is 12.3 Å². The molecule has 190 valence electrons. The van der Waals surface area contributed by atoms with Crippen molar-refractivity contribution in [3.8, 4) is 0 Å². The molecule has 0 radical (unpaired) electrons. The number of benzene rings is 3. The van der Waals surface area contributed by atoms with Crippen molar-refractivity contribution in [3.05, 3.63) is 115 Å². The average molecular weight is 531 g/mol. The van der Waals surface area contributed by atoms with Crippen LogP contribution < -0.4 is 15.9 Å². The summed E-state index contributed by atoms with van der Waals surface area (Å²) in [6.07, 6.45) is 7.39. The summed E-state index contributed by atoms with van der Waals surface area (Å²) in [6, 6.07) is 31.5. The highest BCUT2D eigenvalue weighted by atomic mass is 31.1. The van der Waals surface area contributed by atoms with Gasteiger partial charge in [-0.1, -0.05) is 116 Å². The highest BCUT2D eigenvalue weighted by Gasteiger charge is 2.50. The molecule has 0 amide bonds. The van der Waals surface area contributed by atoms with E-state index in [2.05, 4.69) is 104 Å². The Hall–Kier alpha value is -2.16. The Balaban J connectivity index is 1.19. The zero-order valence-electron chi connectivity index (χ0n) is 20.9. The molecule has 2 aliphatic heterocycles. The third-order valence-electron chi connectivity index (χ3n) is 6.95. The minimum Gasteiger partial charge on any atom is -0.370 e. The Morgan fingerprint density at radius 2 is 1.11 bits per heavy atom. The van der Waals surface area contributed by atoms with Crippen LogP contribution in [0.1, 0.15) is 13.3 Å². The molecule has 0 N–H and O–H groups in total. The van der Waals surface area contributed by atoms with Gasteiger partial charge in [0.05, 0.1) is 29.5 Å². The molecule has 4 nitrogen and oxygen atoms in total. The summed E-state index contributed by atoms with van der Waals surface area (Å²) in [5, 5.41) is 4.87. The summed E-state index contributed by atoms with van der Waals surface area (Å²) in [7, 11) is -1.94. The molecule has 3 aromatic carbocycles. The van der Waals surface area contributed by atoms with Crippen molar-refractivity contribution in [2.75, 3.05) is 13.2 Å². The monoisotopic (exact) mass is 530 g/mol. The molecule has 6 rings (SSSR count). The van der Waals surface area contributed by atoms with Crippen LogP contribution in [0.5, 0.6) is 0 Å². The fourth-order valence-electron chi connectivity index (χ4n) is 4.98. The SMILES string of the molecule is CC1C=CC(P(OC2COC3C(OP(c4ccccc4)c4ccccc4)COC23)c2ccccc2)=CC1. The topological polar surface area (TPSA) is 36.9 Å². The zero-order chi connectivity index (χ0) is 25.0. The van der Waals surface area contributed by atoms with E-state index in [4.69, 9.17) is 18.5 Å². The highest BCUT2D eigenvalue weighted by molar-refractivity contribution is 7.68. The van der Waals surface area contributed by atoms with E-state index in [1.54, 1.807) is 0 Å². The molecule has 0 bridgehead atoms. The highest BCUT2D eigenvalue weighted by Crippen LogP contribution is 2.51. The smallest absolute Gasteiger partial charge is 0.115 e. The van der Waals surface area contributed by atoms with Crippen LogP contribution >= 0.6 is 16.3 Å². The van der Waals surface area contributed by atoms with Crippen LogP contribution in [0.4, 0.5) is 0 Å². The van der Waals surface area contributed by atoms with Crippen LogP contribution in [0.2, 0.25) is 0 Å². The Kier molecular flexibility index (Phi) is 7.95. The maximum Gasteiger partial charge on any atom is 0.115 e. The minimum absolute atomic E-state index is 0.127. The van der Waals surface area contributed by atoms with Crippen molar-refractivity contribution >= 4 is 32.2 Å². The second-order valence-electron chi connectivity index (χ2n) is 9.68. The molecule has 6 atom stereocenters. The molecule has 1 aliphatic carbocycles. The molecule has 2 saturated heterocycles. The average Bonchev–Trinajstić information content (AvgIpc) is 3.55. The Bertz CT molecular complexity index is 1180. The Morgan fingerprint density at radius 3 is 1.57 bits per heavy atom. The van der Waals surface area contributed by atoms with Gasteiger partial charge in [0.2, 0.25) is 0 Å². The van der Waals surface area contributed by atoms with Gasteiger partial charge in [0, 0.05) is 21.2 Å². The summed E-state index contributed by atoms with van der Waals surface area (Å²) in [4.78, 5) is 0. The van der Waals surface area contributed by atoms with E-state index in [0.29, 0.717) is 19.1 Å². The van der Waals surface area contributed by atoms with E-state index in [0.717, 1.165) is 6.42 Å². The van der Waals surface area contributed by atoms with E-state index in [1.165, 1.54) is 21.2 Å². The number of ether oxygens (including phenoxy) is 2. The van der Waals surface area contributed by atoms with Crippen LogP contribution in [0.3, 0.4) is 0 Å². The standard InChI is InChI=1S/C31H32O4P2/c1-23-17-19-27(20-18-23)37(26-15-9-4-10-16-26)35-29-22-33-30-28(21-32-31(29)30)34-36(24-11-5-2-6-12-24)25-13-7-3-8-14-25/h2-17,19-20,23,28-31H,18,21-22H2,1H3. The van der Waals surface area contributed by atoms with E-state index in [-0.39, 0.29) is 24.4 Å². The largest absolute Gasteiger partial charge is 0.370 e. The molecular weight excluding hydrogens is 498 g/mol. The Morgan fingerprint density at radius 1 is 0.649 bits per heavy atom. The van der Waals surface area contributed by atoms with Crippen LogP contribution in [-0.4, -0.2) is 37.6 Å². The first kappa shape index (κ1) is 25.1. The maximum atomic E-state index is 6.85. The molecule has 37 heavy (non-hydrogen) atoms. The fourth-order valence-corrected chi connectivity index (χ4v) is 8.79. The lowest BCUT2D eigenvalue weighted by atomic mass is 10.0. The molecule has 6 unspecified atom stereocenters. The molecule has 0 spiro atoms. The third-order valence-corrected chi connectivity index (χ3v) is 11.0. The maximum absolute atomic E-state index is 6.85. The molecule has 6 heteroatoms. The molecule has 3 aromatic rings. The molecular formula is C31H32O4P2. The van der Waals surface area contributed by atoms with Crippen molar-refractivity contribution in [2.45, 2.75) is 37.8 Å². The first-order chi connectivity index (χ1) is 18.3. The lowest BCUT2D eigenvalue weighted by Gasteiger charge is -2.27. The minimum atomic E-state index is -0.982. The van der Waals surface area contributed by atoms with E-state index in [9.17, 15) is 0 Å². The molecule has 0 aromatic heterocycles. The molecule has 3 aliphatic rings. The van der Waals surface area contributed by atoms with Crippen molar-refractivity contribution in [3.63, 3.8) is 0 Å². The van der Waals surface area contributed by atoms with Gasteiger partial charge in [0.1, 0.15) is 24.4 Å². The van der Waals surface area contributed by atoms with Crippen molar-refractivity contribution in [1.29, 1.82) is 0 Å². The molecule has 0 saturated carbocycles. The summed E-state index contributed by atoms with van der Waals surface area (Å²) in [5.41, 5.74) is 0. The Labute approximate surface area is 222 Å². The van der Waals surface area contributed by atoms with Gasteiger partial charge in [0.15, 0.2) is 0 Å². The van der Waals surface area contributed by atoms with Crippen molar-refractivity contribution in [1.82, 2.24) is 0 Å². The van der Waals surface area contributed by atoms with Crippen molar-refractivity contribution in [2.24, 2.45) is 5.92 Å². The first-order valence-corrected chi connectivity index (χ1v) is 15.5. The third kappa shape index (κ3) is 5.66. The van der Waals surface area contributed by atoms with Crippen LogP contribution in [0.25, 0.3) is 0 Å². The number of allylic oxidation sites excluding steroid dienone is 4. The van der Waals surface area contributed by atoms with Crippen LogP contribution in [-0.2, 0) is 18.5 Å². The fraction of sp³-hybridized carbons (Fsp3) is 0.290. The zero-order valence-corrected chi connectivity index (χ0v) is 22.7. The van der Waals surface area contributed by atoms with Gasteiger partial charge in [-0.25, -0.2) is 0 Å². The molecule has 2 fully saturated rings. The van der Waals surface area contributed by atoms with Gasteiger partial charge >= 0.3 is 0 Å². The van der Waals surface area contributed by atoms with Crippen LogP contribution in [0, 0.1) is 5.92 Å². The van der Waals surface area contributed by atoms with E-state index in [1.807, 2.05) is 12.1 Å². The second kappa shape index (κ2) is 11.7. The van der Waals surface area contributed by atoms with Gasteiger partial charge in [-0.3, -0.25) is 0 Å². The summed E-state index contributed by atoms with van der Waals surface area (Å²) < 4.78 is 26.3. The summed E-state index contributed by atoms with van der Waals surface area (Å²) in [5.74, 6) is 0.566. The van der Waals surface area contributed by atoms with Gasteiger partial charge in [0.25, 0.3) is 0 Å². The second-order valence-corrected chi connectivity index (χ2v) is 13.3. The van der Waals surface area contributed by atoms with E-state index < -0.39 is 16.3 Å². The lowest BCUT2D eigenvalue weighted by molar-refractivity contribution is 0.0265. The van der Waals surface area contributed by atoms with Gasteiger partial charge < -0.3 is 18.5 Å². The normalized spacial score (nSPS) is 27.7. The number of rotatable bonds is 8. The van der Waals surface area contributed by atoms with Gasteiger partial charge in [-0.15, -0.1) is 0 Å². The number of hydrogen-bond acceptors (Lipinski definition) is 4.